The van der Waals surface area contributed by atoms with E-state index in [1.54, 1.807) is 0 Å². The van der Waals surface area contributed by atoms with Gasteiger partial charge in [0.2, 0.25) is 0 Å². The van der Waals surface area contributed by atoms with E-state index in [0.717, 1.165) is 21.9 Å². The number of rotatable bonds is 0. The second-order valence-electron chi connectivity index (χ2n) is 4.00. The lowest BCUT2D eigenvalue weighted by molar-refractivity contribution is 1.16. The predicted molar refractivity (Wildman–Crippen MR) is 65.7 cm³/mol. The average molecular weight is 207 g/mol. The van der Waals surface area contributed by atoms with E-state index in [-0.39, 0.29) is 0 Å². The average Bonchev–Trinajstić information content (AvgIpc) is 2.78. The lowest BCUT2D eigenvalue weighted by Gasteiger charge is -2.05. The highest BCUT2D eigenvalue weighted by Gasteiger charge is 2.08. The van der Waals surface area contributed by atoms with Crippen LogP contribution in [0.3, 0.4) is 0 Å². The van der Waals surface area contributed by atoms with Crippen LogP contribution < -0.4 is 16.1 Å². The van der Waals surface area contributed by atoms with Gasteiger partial charge in [-0.1, -0.05) is 24.3 Å². The van der Waals surface area contributed by atoms with Gasteiger partial charge in [-0.2, -0.15) is 0 Å². The Labute approximate surface area is 91.7 Å². The molecule has 0 atom stereocenters. The van der Waals surface area contributed by atoms with Crippen LogP contribution in [-0.2, 0) is 0 Å². The van der Waals surface area contributed by atoms with Gasteiger partial charge in [0.25, 0.3) is 0 Å². The van der Waals surface area contributed by atoms with Crippen molar-refractivity contribution >= 4 is 33.7 Å². The van der Waals surface area contributed by atoms with Crippen LogP contribution in [0.5, 0.6) is 0 Å². The summed E-state index contributed by atoms with van der Waals surface area (Å²) in [6.45, 7) is 0. The smallest absolute Gasteiger partial charge is 0.0752 e. The third kappa shape index (κ3) is 0.896. The van der Waals surface area contributed by atoms with Crippen LogP contribution >= 0.6 is 0 Å². The molecular formula is C13H9N3. The van der Waals surface area contributed by atoms with E-state index < -0.39 is 0 Å². The highest BCUT2D eigenvalue weighted by Crippen LogP contribution is 2.22. The maximum atomic E-state index is 4.62. The first kappa shape index (κ1) is 7.93. The second-order valence-corrected chi connectivity index (χ2v) is 4.00. The van der Waals surface area contributed by atoms with Crippen molar-refractivity contribution in [2.45, 2.75) is 0 Å². The number of anilines is 1. The van der Waals surface area contributed by atoms with Gasteiger partial charge in [0, 0.05) is 16.8 Å². The molecule has 3 nitrogen and oxygen atoms in total. The zero-order chi connectivity index (χ0) is 10.5. The SMILES string of the molecule is C1=c2c(cc3nc2cc2ccccc23)NN1. The van der Waals surface area contributed by atoms with E-state index in [4.69, 9.17) is 0 Å². The van der Waals surface area contributed by atoms with Gasteiger partial charge < -0.3 is 10.9 Å². The first-order chi connectivity index (χ1) is 7.92. The van der Waals surface area contributed by atoms with Crippen molar-refractivity contribution in [3.63, 3.8) is 0 Å². The number of hydrogen-bond donors (Lipinski definition) is 2. The summed E-state index contributed by atoms with van der Waals surface area (Å²) in [6.07, 6.45) is 1.95. The molecule has 1 aliphatic heterocycles. The summed E-state index contributed by atoms with van der Waals surface area (Å²) in [5.74, 6) is 0. The molecule has 0 unspecified atom stereocenters. The molecule has 16 heavy (non-hydrogen) atoms. The molecular weight excluding hydrogens is 198 g/mol. The minimum absolute atomic E-state index is 1.03. The molecule has 1 aliphatic rings. The Morgan fingerprint density at radius 3 is 2.94 bits per heavy atom. The predicted octanol–water partition coefficient (Wildman–Crippen LogP) is 1.77. The number of aromatic nitrogens is 1. The Morgan fingerprint density at radius 1 is 1.00 bits per heavy atom. The molecule has 2 N–H and O–H groups in total. The molecule has 4 rings (SSSR count). The van der Waals surface area contributed by atoms with Crippen molar-refractivity contribution in [2.75, 3.05) is 5.43 Å². The Morgan fingerprint density at radius 2 is 1.94 bits per heavy atom. The second kappa shape index (κ2) is 2.64. The van der Waals surface area contributed by atoms with Gasteiger partial charge in [-0.15, -0.1) is 0 Å². The molecule has 0 fully saturated rings. The Balaban J connectivity index is 2.32. The third-order valence-corrected chi connectivity index (χ3v) is 3.04. The normalized spacial score (nSPS) is 13.2. The summed E-state index contributed by atoms with van der Waals surface area (Å²) in [5.41, 5.74) is 9.30. The van der Waals surface area contributed by atoms with E-state index in [9.17, 15) is 0 Å². The van der Waals surface area contributed by atoms with E-state index >= 15 is 0 Å². The largest absolute Gasteiger partial charge is 0.307 e. The van der Waals surface area contributed by atoms with Gasteiger partial charge in [0.05, 0.1) is 16.7 Å². The van der Waals surface area contributed by atoms with Crippen LogP contribution in [-0.4, -0.2) is 4.98 Å². The summed E-state index contributed by atoms with van der Waals surface area (Å²) in [6, 6.07) is 12.5. The van der Waals surface area contributed by atoms with Crippen molar-refractivity contribution in [2.24, 2.45) is 0 Å². The number of pyridine rings is 2. The number of nitrogens with one attached hydrogen (secondary N) is 2. The first-order valence-corrected chi connectivity index (χ1v) is 5.26. The molecule has 0 spiro atoms. The molecule has 2 aromatic heterocycles. The Bertz CT molecular complexity index is 762. The fourth-order valence-electron chi connectivity index (χ4n) is 2.27. The maximum Gasteiger partial charge on any atom is 0.0752 e. The minimum Gasteiger partial charge on any atom is -0.307 e. The van der Waals surface area contributed by atoms with Crippen molar-refractivity contribution in [1.82, 2.24) is 10.4 Å². The summed E-state index contributed by atoms with van der Waals surface area (Å²) in [4.78, 5) is 4.62. The van der Waals surface area contributed by atoms with Crippen molar-refractivity contribution in [1.29, 1.82) is 0 Å². The molecule has 3 heteroatoms. The van der Waals surface area contributed by atoms with Crippen LogP contribution in [0, 0.1) is 0 Å². The van der Waals surface area contributed by atoms with E-state index in [1.165, 1.54) is 10.8 Å². The van der Waals surface area contributed by atoms with Crippen LogP contribution in [0.25, 0.3) is 28.0 Å². The third-order valence-electron chi connectivity index (χ3n) is 3.04. The molecule has 1 aromatic carbocycles. The monoisotopic (exact) mass is 207 g/mol. The fourth-order valence-corrected chi connectivity index (χ4v) is 2.27. The van der Waals surface area contributed by atoms with Gasteiger partial charge in [0.15, 0.2) is 0 Å². The fraction of sp³-hybridized carbons (Fsp3) is 0. The maximum absolute atomic E-state index is 4.62. The first-order valence-electron chi connectivity index (χ1n) is 5.26. The summed E-state index contributed by atoms with van der Waals surface area (Å²) in [7, 11) is 0. The van der Waals surface area contributed by atoms with Crippen LogP contribution in [0.1, 0.15) is 0 Å². The molecule has 0 saturated carbocycles. The molecule has 3 aromatic rings. The standard InChI is InChI=1S/C13H9N3/c1-2-4-9-8(3-1)5-11-10-7-14-16-13(10)6-12(9)15-11/h1-7,14,16H. The molecule has 3 heterocycles. The van der Waals surface area contributed by atoms with Crippen LogP contribution in [0.2, 0.25) is 0 Å². The van der Waals surface area contributed by atoms with E-state index in [0.29, 0.717) is 0 Å². The zero-order valence-corrected chi connectivity index (χ0v) is 8.49. The summed E-state index contributed by atoms with van der Waals surface area (Å²) < 4.78 is 0. The lowest BCUT2D eigenvalue weighted by atomic mass is 10.1. The van der Waals surface area contributed by atoms with Crippen LogP contribution in [0.15, 0.2) is 36.4 Å². The van der Waals surface area contributed by atoms with Crippen molar-refractivity contribution in [3.8, 4) is 0 Å². The molecule has 76 valence electrons. The van der Waals surface area contributed by atoms with Crippen LogP contribution in [0.4, 0.5) is 5.69 Å². The quantitative estimate of drug-likeness (QED) is 0.590. The molecule has 0 radical (unpaired) electrons. The van der Waals surface area contributed by atoms with Crippen molar-refractivity contribution in [3.05, 3.63) is 41.6 Å². The molecule has 2 bridgehead atoms. The highest BCUT2D eigenvalue weighted by atomic mass is 15.4. The summed E-state index contributed by atoms with van der Waals surface area (Å²) >= 11 is 0. The van der Waals surface area contributed by atoms with E-state index in [1.807, 2.05) is 12.3 Å². The Kier molecular flexibility index (Phi) is 1.31. The number of hydrazine groups is 1. The molecule has 0 aliphatic carbocycles. The van der Waals surface area contributed by atoms with Gasteiger partial charge in [0.1, 0.15) is 0 Å². The van der Waals surface area contributed by atoms with Crippen molar-refractivity contribution < 1.29 is 0 Å². The van der Waals surface area contributed by atoms with Gasteiger partial charge >= 0.3 is 0 Å². The zero-order valence-electron chi connectivity index (χ0n) is 8.49. The molecule has 0 saturated heterocycles. The van der Waals surface area contributed by atoms with Gasteiger partial charge in [-0.25, -0.2) is 4.98 Å². The summed E-state index contributed by atoms with van der Waals surface area (Å²) in [5, 5.41) is 3.58. The van der Waals surface area contributed by atoms with Gasteiger partial charge in [-0.3, -0.25) is 0 Å². The molecule has 0 amide bonds. The lowest BCUT2D eigenvalue weighted by Crippen LogP contribution is -2.08. The number of hydrogen-bond acceptors (Lipinski definition) is 3. The number of benzene rings is 1. The topological polar surface area (TPSA) is 37.0 Å². The highest BCUT2D eigenvalue weighted by molar-refractivity contribution is 6.00. The Hall–Kier alpha value is -2.29. The van der Waals surface area contributed by atoms with Gasteiger partial charge in [-0.05, 0) is 17.5 Å². The number of fused-ring (bicyclic) bond motifs is 6. The minimum atomic E-state index is 1.03. The van der Waals surface area contributed by atoms with E-state index in [2.05, 4.69) is 46.2 Å². The number of nitrogens with zero attached hydrogens (tertiary/aromatic N) is 1.